The molecule has 0 heterocycles. The topological polar surface area (TPSA) is 54.4 Å². The highest BCUT2D eigenvalue weighted by atomic mass is 32.2. The highest BCUT2D eigenvalue weighted by Gasteiger charge is 2.18. The number of sulfone groups is 1. The van der Waals surface area contributed by atoms with Crippen molar-refractivity contribution < 1.29 is 13.5 Å². The molecular weight excluding hydrogens is 212 g/mol. The minimum atomic E-state index is -2.81. The Kier molecular flexibility index (Phi) is 5.06. The Bertz CT molecular complexity index is 272. The fraction of sp³-hybridized carbons (Fsp3) is 1.00. The Morgan fingerprint density at radius 1 is 1.27 bits per heavy atom. The van der Waals surface area contributed by atoms with E-state index in [1.165, 1.54) is 12.7 Å². The lowest BCUT2D eigenvalue weighted by atomic mass is 9.94. The van der Waals surface area contributed by atoms with E-state index in [1.54, 1.807) is 0 Å². The maximum absolute atomic E-state index is 11.0. The van der Waals surface area contributed by atoms with Gasteiger partial charge in [-0.2, -0.15) is 0 Å². The smallest absolute Gasteiger partial charge is 0.147 e. The number of aliphatic hydroxyl groups is 1. The van der Waals surface area contributed by atoms with Crippen LogP contribution >= 0.6 is 0 Å². The molecule has 4 heteroatoms. The van der Waals surface area contributed by atoms with Crippen molar-refractivity contribution in [2.24, 2.45) is 5.92 Å². The quantitative estimate of drug-likeness (QED) is 0.754. The molecule has 0 bridgehead atoms. The van der Waals surface area contributed by atoms with Gasteiger partial charge in [-0.25, -0.2) is 8.42 Å². The Hall–Kier alpha value is -0.0900. The van der Waals surface area contributed by atoms with Gasteiger partial charge in [-0.15, -0.1) is 0 Å². The van der Waals surface area contributed by atoms with Crippen LogP contribution < -0.4 is 0 Å². The third-order valence-corrected chi connectivity index (χ3v) is 4.16. The molecule has 0 aromatic heterocycles. The molecule has 90 valence electrons. The standard InChI is InChI=1S/C11H22O3S/c1-15(13,14)8-4-6-10-5-2-3-7-11(12)9-10/h10-12H,2-9H2,1H3. The molecule has 1 rings (SSSR count). The molecule has 0 aromatic carbocycles. The summed E-state index contributed by atoms with van der Waals surface area (Å²) in [4.78, 5) is 0. The molecule has 1 fully saturated rings. The van der Waals surface area contributed by atoms with Crippen LogP contribution in [0.4, 0.5) is 0 Å². The largest absolute Gasteiger partial charge is 0.393 e. The number of hydrogen-bond donors (Lipinski definition) is 1. The monoisotopic (exact) mass is 234 g/mol. The molecule has 0 aliphatic heterocycles. The van der Waals surface area contributed by atoms with Gasteiger partial charge in [0.2, 0.25) is 0 Å². The second-order valence-corrected chi connectivity index (χ2v) is 7.07. The van der Waals surface area contributed by atoms with E-state index in [0.29, 0.717) is 11.7 Å². The third-order valence-electron chi connectivity index (χ3n) is 3.13. The van der Waals surface area contributed by atoms with Crippen molar-refractivity contribution in [3.8, 4) is 0 Å². The minimum absolute atomic E-state index is 0.157. The second-order valence-electron chi connectivity index (χ2n) is 4.81. The predicted octanol–water partition coefficient (Wildman–Crippen LogP) is 1.75. The molecule has 2 unspecified atom stereocenters. The second kappa shape index (κ2) is 5.85. The molecule has 1 aliphatic rings. The number of rotatable bonds is 4. The summed E-state index contributed by atoms with van der Waals surface area (Å²) in [6, 6.07) is 0. The van der Waals surface area contributed by atoms with E-state index in [-0.39, 0.29) is 6.10 Å². The van der Waals surface area contributed by atoms with Crippen molar-refractivity contribution in [2.45, 2.75) is 51.0 Å². The summed E-state index contributed by atoms with van der Waals surface area (Å²) >= 11 is 0. The van der Waals surface area contributed by atoms with Gasteiger partial charge in [-0.3, -0.25) is 0 Å². The molecule has 1 N–H and O–H groups in total. The lowest BCUT2D eigenvalue weighted by Gasteiger charge is -2.15. The van der Waals surface area contributed by atoms with E-state index in [0.717, 1.165) is 38.5 Å². The van der Waals surface area contributed by atoms with Crippen LogP contribution in [0.15, 0.2) is 0 Å². The highest BCUT2D eigenvalue weighted by Crippen LogP contribution is 2.26. The van der Waals surface area contributed by atoms with Crippen LogP contribution in [-0.2, 0) is 9.84 Å². The Balaban J connectivity index is 2.25. The van der Waals surface area contributed by atoms with E-state index >= 15 is 0 Å². The first-order valence-electron chi connectivity index (χ1n) is 5.83. The van der Waals surface area contributed by atoms with Crippen molar-refractivity contribution in [3.63, 3.8) is 0 Å². The molecule has 2 atom stereocenters. The van der Waals surface area contributed by atoms with Gasteiger partial charge in [0.25, 0.3) is 0 Å². The van der Waals surface area contributed by atoms with Crippen molar-refractivity contribution in [3.05, 3.63) is 0 Å². The maximum Gasteiger partial charge on any atom is 0.147 e. The van der Waals surface area contributed by atoms with Gasteiger partial charge in [0.15, 0.2) is 0 Å². The van der Waals surface area contributed by atoms with Gasteiger partial charge in [-0.05, 0) is 31.6 Å². The first kappa shape index (κ1) is 13.0. The molecule has 1 saturated carbocycles. The number of hydrogen-bond acceptors (Lipinski definition) is 3. The van der Waals surface area contributed by atoms with Crippen molar-refractivity contribution >= 4 is 9.84 Å². The van der Waals surface area contributed by atoms with E-state index in [1.807, 2.05) is 0 Å². The summed E-state index contributed by atoms with van der Waals surface area (Å²) < 4.78 is 21.9. The molecule has 0 spiro atoms. The fourth-order valence-corrected chi connectivity index (χ4v) is 3.02. The highest BCUT2D eigenvalue weighted by molar-refractivity contribution is 7.90. The molecule has 15 heavy (non-hydrogen) atoms. The molecule has 0 radical (unpaired) electrons. The van der Waals surface area contributed by atoms with Gasteiger partial charge < -0.3 is 5.11 Å². The maximum atomic E-state index is 11.0. The van der Waals surface area contributed by atoms with Gasteiger partial charge in [0.05, 0.1) is 6.10 Å². The molecule has 0 aromatic rings. The van der Waals surface area contributed by atoms with Crippen LogP contribution in [0.1, 0.15) is 44.9 Å². The zero-order valence-electron chi connectivity index (χ0n) is 9.48. The van der Waals surface area contributed by atoms with E-state index in [4.69, 9.17) is 0 Å². The Labute approximate surface area is 92.8 Å². The Morgan fingerprint density at radius 3 is 2.60 bits per heavy atom. The first-order valence-corrected chi connectivity index (χ1v) is 7.89. The van der Waals surface area contributed by atoms with Gasteiger partial charge in [0, 0.05) is 12.0 Å². The van der Waals surface area contributed by atoms with E-state index < -0.39 is 9.84 Å². The summed E-state index contributed by atoms with van der Waals surface area (Å²) in [7, 11) is -2.81. The van der Waals surface area contributed by atoms with Crippen molar-refractivity contribution in [1.29, 1.82) is 0 Å². The number of aliphatic hydroxyl groups excluding tert-OH is 1. The molecule has 1 aliphatic carbocycles. The van der Waals surface area contributed by atoms with Crippen LogP contribution in [0, 0.1) is 5.92 Å². The normalized spacial score (nSPS) is 28.7. The van der Waals surface area contributed by atoms with Crippen molar-refractivity contribution in [1.82, 2.24) is 0 Å². The summed E-state index contributed by atoms with van der Waals surface area (Å²) in [6.07, 6.45) is 8.06. The zero-order chi connectivity index (χ0) is 11.3. The zero-order valence-corrected chi connectivity index (χ0v) is 10.3. The van der Waals surface area contributed by atoms with E-state index in [2.05, 4.69) is 0 Å². The molecule has 3 nitrogen and oxygen atoms in total. The molecule has 0 amide bonds. The van der Waals surface area contributed by atoms with Gasteiger partial charge in [-0.1, -0.05) is 19.3 Å². The van der Waals surface area contributed by atoms with Gasteiger partial charge >= 0.3 is 0 Å². The van der Waals surface area contributed by atoms with Crippen LogP contribution in [-0.4, -0.2) is 31.6 Å². The SMILES string of the molecule is CS(=O)(=O)CCCC1CCCCC(O)C1. The predicted molar refractivity (Wildman–Crippen MR) is 61.5 cm³/mol. The first-order chi connectivity index (χ1) is 6.97. The molecule has 0 saturated heterocycles. The van der Waals surface area contributed by atoms with Crippen LogP contribution in [0.5, 0.6) is 0 Å². The average Bonchev–Trinajstić information content (AvgIpc) is 2.27. The summed E-state index contributed by atoms with van der Waals surface area (Å²) in [5.41, 5.74) is 0. The minimum Gasteiger partial charge on any atom is -0.393 e. The lowest BCUT2D eigenvalue weighted by Crippen LogP contribution is -2.12. The summed E-state index contributed by atoms with van der Waals surface area (Å²) in [5, 5.41) is 9.60. The van der Waals surface area contributed by atoms with Crippen LogP contribution in [0.2, 0.25) is 0 Å². The summed E-state index contributed by atoms with van der Waals surface area (Å²) in [5.74, 6) is 0.823. The Morgan fingerprint density at radius 2 is 1.93 bits per heavy atom. The fourth-order valence-electron chi connectivity index (χ4n) is 2.33. The van der Waals surface area contributed by atoms with Crippen LogP contribution in [0.3, 0.4) is 0 Å². The summed E-state index contributed by atoms with van der Waals surface area (Å²) in [6.45, 7) is 0. The average molecular weight is 234 g/mol. The van der Waals surface area contributed by atoms with E-state index in [9.17, 15) is 13.5 Å². The lowest BCUT2D eigenvalue weighted by molar-refractivity contribution is 0.139. The third kappa shape index (κ3) is 6.15. The van der Waals surface area contributed by atoms with Gasteiger partial charge in [0.1, 0.15) is 9.84 Å². The molecular formula is C11H22O3S. The van der Waals surface area contributed by atoms with Crippen molar-refractivity contribution in [2.75, 3.05) is 12.0 Å². The van der Waals surface area contributed by atoms with Crippen LogP contribution in [0.25, 0.3) is 0 Å².